The molecule has 0 radical (unpaired) electrons. The molecule has 1 fully saturated rings. The highest BCUT2D eigenvalue weighted by atomic mass is 19.3. The highest BCUT2D eigenvalue weighted by Gasteiger charge is 2.29. The van der Waals surface area contributed by atoms with Crippen molar-refractivity contribution in [3.05, 3.63) is 53.6 Å². The molecule has 154 valence electrons. The average Bonchev–Trinajstić information content (AvgIpc) is 2.73. The van der Waals surface area contributed by atoms with E-state index >= 15 is 0 Å². The number of phenolic OH excluding ortho intramolecular Hbond substituents is 1. The average molecular weight is 405 g/mol. The van der Waals surface area contributed by atoms with E-state index in [0.717, 1.165) is 0 Å². The fourth-order valence-electron chi connectivity index (χ4n) is 3.38. The summed E-state index contributed by atoms with van der Waals surface area (Å²) in [5, 5.41) is 9.34. The van der Waals surface area contributed by atoms with Crippen molar-refractivity contribution in [3.8, 4) is 17.2 Å². The number of nitrogens with zero attached hydrogens (tertiary/aromatic N) is 1. The zero-order chi connectivity index (χ0) is 21.0. The molecule has 1 saturated heterocycles. The Morgan fingerprint density at radius 3 is 2.24 bits per heavy atom. The molecule has 0 aliphatic carbocycles. The van der Waals surface area contributed by atoms with Crippen molar-refractivity contribution in [2.45, 2.75) is 19.5 Å². The van der Waals surface area contributed by atoms with Gasteiger partial charge in [-0.05, 0) is 55.3 Å². The van der Waals surface area contributed by atoms with Gasteiger partial charge in [0.2, 0.25) is 0 Å². The second kappa shape index (κ2) is 8.89. The first-order valence-electron chi connectivity index (χ1n) is 9.14. The van der Waals surface area contributed by atoms with E-state index in [-0.39, 0.29) is 34.9 Å². The van der Waals surface area contributed by atoms with E-state index in [1.807, 2.05) is 0 Å². The second-order valence-electron chi connectivity index (χ2n) is 6.72. The van der Waals surface area contributed by atoms with Crippen LogP contribution in [0.15, 0.2) is 42.5 Å². The van der Waals surface area contributed by atoms with Crippen LogP contribution in [-0.4, -0.2) is 48.5 Å². The molecular formula is C21H21F2NO5. The monoisotopic (exact) mass is 405 g/mol. The van der Waals surface area contributed by atoms with E-state index in [4.69, 9.17) is 4.74 Å². The van der Waals surface area contributed by atoms with E-state index < -0.39 is 6.61 Å². The molecule has 6 nitrogen and oxygen atoms in total. The van der Waals surface area contributed by atoms with Gasteiger partial charge in [-0.25, -0.2) is 0 Å². The van der Waals surface area contributed by atoms with Gasteiger partial charge < -0.3 is 19.5 Å². The Hall–Kier alpha value is -3.16. The van der Waals surface area contributed by atoms with Crippen LogP contribution >= 0.6 is 0 Å². The lowest BCUT2D eigenvalue weighted by molar-refractivity contribution is -0.0512. The Balaban J connectivity index is 1.64. The third-order valence-corrected chi connectivity index (χ3v) is 4.93. The van der Waals surface area contributed by atoms with Gasteiger partial charge in [0.25, 0.3) is 5.91 Å². The number of alkyl halides is 2. The number of hydrogen-bond acceptors (Lipinski definition) is 5. The Morgan fingerprint density at radius 1 is 1.03 bits per heavy atom. The van der Waals surface area contributed by atoms with Crippen LogP contribution in [0.1, 0.15) is 33.6 Å². The Morgan fingerprint density at radius 2 is 1.66 bits per heavy atom. The van der Waals surface area contributed by atoms with Gasteiger partial charge in [-0.1, -0.05) is 0 Å². The number of ether oxygens (including phenoxy) is 2. The molecule has 0 spiro atoms. The molecule has 1 amide bonds. The van der Waals surface area contributed by atoms with Crippen molar-refractivity contribution in [3.63, 3.8) is 0 Å². The molecule has 0 atom stereocenters. The van der Waals surface area contributed by atoms with Crippen molar-refractivity contribution in [1.29, 1.82) is 0 Å². The number of amides is 1. The summed E-state index contributed by atoms with van der Waals surface area (Å²) in [6.07, 6.45) is 1.05. The summed E-state index contributed by atoms with van der Waals surface area (Å²) in [5.41, 5.74) is 0.832. The number of aromatic hydroxyl groups is 1. The summed E-state index contributed by atoms with van der Waals surface area (Å²) in [5.74, 6) is -0.456. The largest absolute Gasteiger partial charge is 0.508 e. The number of benzene rings is 2. The van der Waals surface area contributed by atoms with Gasteiger partial charge in [-0.15, -0.1) is 0 Å². The summed E-state index contributed by atoms with van der Waals surface area (Å²) in [6, 6.07) is 10.2. The number of phenols is 1. The molecule has 0 saturated carbocycles. The summed E-state index contributed by atoms with van der Waals surface area (Å²) >= 11 is 0. The Bertz CT molecular complexity index is 877. The molecular weight excluding hydrogens is 384 g/mol. The third kappa shape index (κ3) is 4.82. The van der Waals surface area contributed by atoms with E-state index in [1.165, 1.54) is 37.4 Å². The molecule has 0 aromatic heterocycles. The number of Topliss-reactive ketones (excluding diaryl/α,β-unsaturated/α-hetero) is 1. The van der Waals surface area contributed by atoms with Crippen molar-refractivity contribution in [1.82, 2.24) is 4.90 Å². The Labute approximate surface area is 166 Å². The van der Waals surface area contributed by atoms with E-state index in [0.29, 0.717) is 37.1 Å². The van der Waals surface area contributed by atoms with Gasteiger partial charge in [0.15, 0.2) is 17.3 Å². The van der Waals surface area contributed by atoms with Crippen molar-refractivity contribution < 1.29 is 33.0 Å². The van der Waals surface area contributed by atoms with E-state index in [1.54, 1.807) is 17.0 Å². The molecule has 3 rings (SSSR count). The van der Waals surface area contributed by atoms with Crippen LogP contribution in [0.2, 0.25) is 0 Å². The smallest absolute Gasteiger partial charge is 0.387 e. The molecule has 1 N–H and O–H groups in total. The van der Waals surface area contributed by atoms with Crippen LogP contribution < -0.4 is 9.47 Å². The molecule has 0 unspecified atom stereocenters. The molecule has 2 aromatic carbocycles. The lowest BCUT2D eigenvalue weighted by Crippen LogP contribution is -2.40. The number of methoxy groups -OCH3 is 1. The molecule has 8 heteroatoms. The van der Waals surface area contributed by atoms with Crippen molar-refractivity contribution in [2.75, 3.05) is 20.2 Å². The molecule has 1 aliphatic heterocycles. The van der Waals surface area contributed by atoms with Crippen LogP contribution in [-0.2, 0) is 0 Å². The SMILES string of the molecule is COc1cc(C(=O)N2CCC(C(=O)c3ccc(O)cc3)CC2)ccc1OC(F)F. The fourth-order valence-corrected chi connectivity index (χ4v) is 3.38. The maximum atomic E-state index is 12.8. The predicted octanol–water partition coefficient (Wildman–Crippen LogP) is 3.74. The van der Waals surface area contributed by atoms with E-state index in [9.17, 15) is 23.5 Å². The molecule has 1 aliphatic rings. The third-order valence-electron chi connectivity index (χ3n) is 4.93. The van der Waals surface area contributed by atoms with Gasteiger partial charge >= 0.3 is 6.61 Å². The minimum Gasteiger partial charge on any atom is -0.508 e. The van der Waals surface area contributed by atoms with Gasteiger partial charge in [0.05, 0.1) is 7.11 Å². The van der Waals surface area contributed by atoms with Gasteiger partial charge in [0, 0.05) is 30.1 Å². The van der Waals surface area contributed by atoms with Gasteiger partial charge in [0.1, 0.15) is 5.75 Å². The number of halogens is 2. The number of carbonyl (C=O) groups is 2. The summed E-state index contributed by atoms with van der Waals surface area (Å²) in [4.78, 5) is 27.0. The maximum absolute atomic E-state index is 12.8. The molecule has 1 heterocycles. The zero-order valence-corrected chi connectivity index (χ0v) is 15.8. The summed E-state index contributed by atoms with van der Waals surface area (Å²) < 4.78 is 34.3. The van der Waals surface area contributed by atoms with Crippen LogP contribution in [0.3, 0.4) is 0 Å². The minimum atomic E-state index is -2.99. The summed E-state index contributed by atoms with van der Waals surface area (Å²) in [6.45, 7) is -2.17. The van der Waals surface area contributed by atoms with E-state index in [2.05, 4.69) is 4.74 Å². The first-order valence-corrected chi connectivity index (χ1v) is 9.14. The lowest BCUT2D eigenvalue weighted by Gasteiger charge is -2.31. The maximum Gasteiger partial charge on any atom is 0.387 e. The van der Waals surface area contributed by atoms with Crippen LogP contribution in [0.4, 0.5) is 8.78 Å². The van der Waals surface area contributed by atoms with Crippen LogP contribution in [0.5, 0.6) is 17.2 Å². The second-order valence-corrected chi connectivity index (χ2v) is 6.72. The van der Waals surface area contributed by atoms with Gasteiger partial charge in [-0.2, -0.15) is 8.78 Å². The fraction of sp³-hybridized carbons (Fsp3) is 0.333. The zero-order valence-electron chi connectivity index (χ0n) is 15.8. The quantitative estimate of drug-likeness (QED) is 0.741. The minimum absolute atomic E-state index is 0.00716. The predicted molar refractivity (Wildman–Crippen MR) is 101 cm³/mol. The van der Waals surface area contributed by atoms with Crippen LogP contribution in [0, 0.1) is 5.92 Å². The highest BCUT2D eigenvalue weighted by molar-refractivity contribution is 5.98. The standard InChI is InChI=1S/C21H21F2NO5/c1-28-18-12-15(4-7-17(18)29-21(22)23)20(27)24-10-8-14(9-11-24)19(26)13-2-5-16(25)6-3-13/h2-7,12,14,21,25H,8-11H2,1H3. The van der Waals surface area contributed by atoms with Crippen LogP contribution in [0.25, 0.3) is 0 Å². The lowest BCUT2D eigenvalue weighted by atomic mass is 9.88. The molecule has 29 heavy (non-hydrogen) atoms. The Kier molecular flexibility index (Phi) is 6.31. The first kappa shape index (κ1) is 20.6. The van der Waals surface area contributed by atoms with Gasteiger partial charge in [-0.3, -0.25) is 9.59 Å². The number of rotatable bonds is 6. The highest BCUT2D eigenvalue weighted by Crippen LogP contribution is 2.31. The summed E-state index contributed by atoms with van der Waals surface area (Å²) in [7, 11) is 1.31. The topological polar surface area (TPSA) is 76.1 Å². The number of ketones is 1. The number of piperidine rings is 1. The number of likely N-dealkylation sites (tertiary alicyclic amines) is 1. The number of carbonyl (C=O) groups excluding carboxylic acids is 2. The molecule has 2 aromatic rings. The van der Waals surface area contributed by atoms with Crippen molar-refractivity contribution in [2.24, 2.45) is 5.92 Å². The molecule has 0 bridgehead atoms. The first-order chi connectivity index (χ1) is 13.9. The van der Waals surface area contributed by atoms with Crippen molar-refractivity contribution >= 4 is 11.7 Å². The number of hydrogen-bond donors (Lipinski definition) is 1. The normalized spacial score (nSPS) is 14.7.